The Hall–Kier alpha value is -0.160. The minimum atomic E-state index is -0.419. The lowest BCUT2D eigenvalue weighted by Crippen LogP contribution is -2.36. The summed E-state index contributed by atoms with van der Waals surface area (Å²) in [5.74, 6) is 0.862. The molecule has 0 aromatic rings. The number of hydrogen-bond donors (Lipinski definition) is 4. The van der Waals surface area contributed by atoms with E-state index >= 15 is 0 Å². The normalized spacial score (nSPS) is 16.6. The maximum absolute atomic E-state index is 9.49. The lowest BCUT2D eigenvalue weighted by atomic mass is 9.82. The van der Waals surface area contributed by atoms with E-state index in [4.69, 9.17) is 15.3 Å². The molecule has 4 heteroatoms. The Morgan fingerprint density at radius 2 is 1.21 bits per heavy atom. The molecule has 0 saturated heterocycles. The van der Waals surface area contributed by atoms with E-state index < -0.39 is 6.10 Å². The van der Waals surface area contributed by atoms with E-state index in [0.717, 1.165) is 6.42 Å². The second kappa shape index (κ2) is 10.6. The quantitative estimate of drug-likeness (QED) is 0.571. The molecule has 0 radical (unpaired) electrons. The summed E-state index contributed by atoms with van der Waals surface area (Å²) in [5.41, 5.74) is -0.367. The van der Waals surface area contributed by atoms with E-state index in [2.05, 4.69) is 0 Å². The third-order valence-corrected chi connectivity index (χ3v) is 3.27. The molecule has 0 spiro atoms. The largest absolute Gasteiger partial charge is 0.396 e. The summed E-state index contributed by atoms with van der Waals surface area (Å²) in [6.07, 6.45) is 0.491. The van der Waals surface area contributed by atoms with Gasteiger partial charge in [0.15, 0.2) is 0 Å². The van der Waals surface area contributed by atoms with Gasteiger partial charge in [-0.25, -0.2) is 0 Å². The van der Waals surface area contributed by atoms with Crippen LogP contribution in [0.2, 0.25) is 0 Å². The highest BCUT2D eigenvalue weighted by Gasteiger charge is 2.28. The third kappa shape index (κ3) is 10.3. The Balaban J connectivity index is 0. The van der Waals surface area contributed by atoms with Gasteiger partial charge in [-0.05, 0) is 24.2 Å². The molecule has 118 valence electrons. The van der Waals surface area contributed by atoms with Crippen molar-refractivity contribution >= 4 is 0 Å². The van der Waals surface area contributed by atoms with E-state index in [1.165, 1.54) is 0 Å². The van der Waals surface area contributed by atoms with Crippen LogP contribution in [0.1, 0.15) is 48.0 Å². The average molecular weight is 278 g/mol. The fraction of sp³-hybridized carbons (Fsp3) is 1.00. The molecule has 0 aromatic heterocycles. The van der Waals surface area contributed by atoms with Crippen LogP contribution in [0.5, 0.6) is 0 Å². The second-order valence-electron chi connectivity index (χ2n) is 6.65. The number of aliphatic hydroxyl groups excluding tert-OH is 4. The van der Waals surface area contributed by atoms with Crippen LogP contribution in [-0.4, -0.2) is 46.4 Å². The van der Waals surface area contributed by atoms with Gasteiger partial charge in [0.25, 0.3) is 0 Å². The zero-order valence-corrected chi connectivity index (χ0v) is 13.4. The maximum Gasteiger partial charge on any atom is 0.0635 e. The summed E-state index contributed by atoms with van der Waals surface area (Å²) in [5, 5.41) is 35.5. The molecule has 3 unspecified atom stereocenters. The lowest BCUT2D eigenvalue weighted by Gasteiger charge is -2.30. The summed E-state index contributed by atoms with van der Waals surface area (Å²) < 4.78 is 0. The highest BCUT2D eigenvalue weighted by molar-refractivity contribution is 4.78. The SMILES string of the molecule is CC(C)C(O)C(C)(C)CO.CC(CO)CC(C)CO. The highest BCUT2D eigenvalue weighted by atomic mass is 16.3. The van der Waals surface area contributed by atoms with Crippen molar-refractivity contribution in [2.75, 3.05) is 19.8 Å². The molecule has 0 saturated carbocycles. The zero-order chi connectivity index (χ0) is 15.6. The van der Waals surface area contributed by atoms with Gasteiger partial charge in [0, 0.05) is 18.6 Å². The molecule has 0 aliphatic heterocycles. The van der Waals surface area contributed by atoms with Crippen molar-refractivity contribution in [1.82, 2.24) is 0 Å². The van der Waals surface area contributed by atoms with E-state index in [1.807, 2.05) is 41.5 Å². The number of hydrogen-bond acceptors (Lipinski definition) is 4. The second-order valence-corrected chi connectivity index (χ2v) is 6.65. The molecular formula is C15H34O4. The van der Waals surface area contributed by atoms with Crippen LogP contribution in [0.25, 0.3) is 0 Å². The third-order valence-electron chi connectivity index (χ3n) is 3.27. The van der Waals surface area contributed by atoms with Crippen molar-refractivity contribution in [2.45, 2.75) is 54.1 Å². The standard InChI is InChI=1S/C8H18O2.C7H16O2/c1-6(2)7(10)8(3,4)5-9;1-6(4-8)3-7(2)5-9/h6-7,9-10H,5H2,1-4H3;6-9H,3-5H2,1-2H3. The molecule has 0 aliphatic carbocycles. The van der Waals surface area contributed by atoms with Gasteiger partial charge >= 0.3 is 0 Å². The van der Waals surface area contributed by atoms with Crippen molar-refractivity contribution in [3.05, 3.63) is 0 Å². The Bertz CT molecular complexity index is 196. The summed E-state index contributed by atoms with van der Waals surface area (Å²) >= 11 is 0. The van der Waals surface area contributed by atoms with E-state index in [9.17, 15) is 5.11 Å². The van der Waals surface area contributed by atoms with Crippen molar-refractivity contribution in [3.8, 4) is 0 Å². The van der Waals surface area contributed by atoms with Crippen molar-refractivity contribution < 1.29 is 20.4 Å². The average Bonchev–Trinajstić information content (AvgIpc) is 2.37. The minimum Gasteiger partial charge on any atom is -0.396 e. The Labute approximate surface area is 118 Å². The summed E-state index contributed by atoms with van der Waals surface area (Å²) in [6, 6.07) is 0. The molecule has 0 aromatic carbocycles. The molecule has 4 N–H and O–H groups in total. The Kier molecular flexibility index (Phi) is 11.8. The summed E-state index contributed by atoms with van der Waals surface area (Å²) in [7, 11) is 0. The fourth-order valence-electron chi connectivity index (χ4n) is 1.83. The van der Waals surface area contributed by atoms with E-state index in [0.29, 0.717) is 11.8 Å². The van der Waals surface area contributed by atoms with E-state index in [-0.39, 0.29) is 31.2 Å². The monoisotopic (exact) mass is 278 g/mol. The van der Waals surface area contributed by atoms with Gasteiger partial charge in [0.2, 0.25) is 0 Å². The number of aliphatic hydroxyl groups is 4. The topological polar surface area (TPSA) is 80.9 Å². The van der Waals surface area contributed by atoms with Crippen LogP contribution in [0.3, 0.4) is 0 Å². The van der Waals surface area contributed by atoms with Crippen LogP contribution >= 0.6 is 0 Å². The molecule has 0 rings (SSSR count). The van der Waals surface area contributed by atoms with Crippen LogP contribution in [0.15, 0.2) is 0 Å². The van der Waals surface area contributed by atoms with Crippen LogP contribution in [0.4, 0.5) is 0 Å². The molecule has 0 fully saturated rings. The molecule has 0 bridgehead atoms. The first-order valence-electron chi connectivity index (χ1n) is 7.12. The van der Waals surface area contributed by atoms with Gasteiger partial charge in [-0.1, -0.05) is 41.5 Å². The lowest BCUT2D eigenvalue weighted by molar-refractivity contribution is -0.0204. The first-order chi connectivity index (χ1) is 8.62. The molecule has 3 atom stereocenters. The van der Waals surface area contributed by atoms with Crippen molar-refractivity contribution in [3.63, 3.8) is 0 Å². The van der Waals surface area contributed by atoms with Gasteiger partial charge in [-0.2, -0.15) is 0 Å². The smallest absolute Gasteiger partial charge is 0.0635 e. The summed E-state index contributed by atoms with van der Waals surface area (Å²) in [4.78, 5) is 0. The van der Waals surface area contributed by atoms with Crippen LogP contribution in [0, 0.1) is 23.2 Å². The molecule has 4 nitrogen and oxygen atoms in total. The van der Waals surface area contributed by atoms with Crippen molar-refractivity contribution in [2.24, 2.45) is 23.2 Å². The van der Waals surface area contributed by atoms with Gasteiger partial charge < -0.3 is 20.4 Å². The first kappa shape index (κ1) is 21.1. The molecule has 19 heavy (non-hydrogen) atoms. The Morgan fingerprint density at radius 1 is 0.842 bits per heavy atom. The van der Waals surface area contributed by atoms with Crippen molar-refractivity contribution in [1.29, 1.82) is 0 Å². The molecule has 0 amide bonds. The zero-order valence-electron chi connectivity index (χ0n) is 13.4. The van der Waals surface area contributed by atoms with Gasteiger partial charge in [-0.15, -0.1) is 0 Å². The van der Waals surface area contributed by atoms with E-state index in [1.54, 1.807) is 0 Å². The molecular weight excluding hydrogens is 244 g/mol. The fourth-order valence-corrected chi connectivity index (χ4v) is 1.83. The first-order valence-corrected chi connectivity index (χ1v) is 7.12. The van der Waals surface area contributed by atoms with Gasteiger partial charge in [-0.3, -0.25) is 0 Å². The Morgan fingerprint density at radius 3 is 1.37 bits per heavy atom. The molecule has 0 aliphatic rings. The minimum absolute atomic E-state index is 0.0341. The van der Waals surface area contributed by atoms with Crippen LogP contribution < -0.4 is 0 Å². The predicted molar refractivity (Wildman–Crippen MR) is 78.8 cm³/mol. The summed E-state index contributed by atoms with van der Waals surface area (Å²) in [6.45, 7) is 12.1. The van der Waals surface area contributed by atoms with Crippen LogP contribution in [-0.2, 0) is 0 Å². The molecule has 0 heterocycles. The number of rotatable bonds is 7. The maximum atomic E-state index is 9.49. The predicted octanol–water partition coefficient (Wildman–Crippen LogP) is 1.66. The van der Waals surface area contributed by atoms with Gasteiger partial charge in [0.05, 0.1) is 12.7 Å². The van der Waals surface area contributed by atoms with Gasteiger partial charge in [0.1, 0.15) is 0 Å². The highest BCUT2D eigenvalue weighted by Crippen LogP contribution is 2.24.